The van der Waals surface area contributed by atoms with E-state index in [4.69, 9.17) is 5.26 Å². The van der Waals surface area contributed by atoms with Crippen LogP contribution in [-0.2, 0) is 20.0 Å². The summed E-state index contributed by atoms with van der Waals surface area (Å²) >= 11 is 0. The summed E-state index contributed by atoms with van der Waals surface area (Å²) in [4.78, 5) is 0. The summed E-state index contributed by atoms with van der Waals surface area (Å²) in [7, 11) is 1.91. The van der Waals surface area contributed by atoms with Crippen LogP contribution < -0.4 is 5.32 Å². The lowest BCUT2D eigenvalue weighted by molar-refractivity contribution is 0.535. The lowest BCUT2D eigenvalue weighted by Gasteiger charge is -2.30. The standard InChI is InChI=1S/C16H17N3/c1-19-11-12(6-15(19)8-17)9-18-10-14-7-13-4-2-3-5-16(13)14/h2-6,11,14,18H,7,9-10H2,1H3. The predicted octanol–water partition coefficient (Wildman–Crippen LogP) is 2.33. The normalized spacial score (nSPS) is 16.5. The van der Waals surface area contributed by atoms with Crippen LogP contribution in [-0.4, -0.2) is 11.1 Å². The number of hydrogen-bond acceptors (Lipinski definition) is 2. The van der Waals surface area contributed by atoms with Crippen LogP contribution in [0.1, 0.15) is 28.3 Å². The molecule has 3 rings (SSSR count). The topological polar surface area (TPSA) is 40.8 Å². The third-order valence-corrected chi connectivity index (χ3v) is 3.86. The summed E-state index contributed by atoms with van der Waals surface area (Å²) in [6.45, 7) is 1.84. The van der Waals surface area contributed by atoms with Gasteiger partial charge in [0.25, 0.3) is 0 Å². The molecule has 1 aromatic carbocycles. The largest absolute Gasteiger partial charge is 0.342 e. The summed E-state index contributed by atoms with van der Waals surface area (Å²) in [5, 5.41) is 12.4. The lowest BCUT2D eigenvalue weighted by Crippen LogP contribution is -2.28. The molecule has 3 nitrogen and oxygen atoms in total. The maximum absolute atomic E-state index is 8.91. The zero-order chi connectivity index (χ0) is 13.2. The molecule has 1 aliphatic carbocycles. The maximum Gasteiger partial charge on any atom is 0.120 e. The molecule has 0 saturated carbocycles. The fraction of sp³-hybridized carbons (Fsp3) is 0.312. The van der Waals surface area contributed by atoms with Crippen LogP contribution in [0.15, 0.2) is 36.5 Å². The number of nitrogens with one attached hydrogen (secondary N) is 1. The highest BCUT2D eigenvalue weighted by Gasteiger charge is 2.24. The number of aromatic nitrogens is 1. The van der Waals surface area contributed by atoms with E-state index in [2.05, 4.69) is 35.7 Å². The minimum atomic E-state index is 0.648. The van der Waals surface area contributed by atoms with Crippen molar-refractivity contribution in [3.63, 3.8) is 0 Å². The Kier molecular flexibility index (Phi) is 3.10. The van der Waals surface area contributed by atoms with Gasteiger partial charge in [0.05, 0.1) is 0 Å². The van der Waals surface area contributed by atoms with Crippen LogP contribution in [0.25, 0.3) is 0 Å². The zero-order valence-electron chi connectivity index (χ0n) is 11.1. The number of rotatable bonds is 4. The van der Waals surface area contributed by atoms with Crippen molar-refractivity contribution in [2.24, 2.45) is 7.05 Å². The number of benzene rings is 1. The molecule has 0 aliphatic heterocycles. The molecule has 1 N–H and O–H groups in total. The first-order chi connectivity index (χ1) is 9.28. The van der Waals surface area contributed by atoms with E-state index in [1.807, 2.05) is 23.9 Å². The number of hydrogen-bond donors (Lipinski definition) is 1. The molecular weight excluding hydrogens is 234 g/mol. The van der Waals surface area contributed by atoms with Gasteiger partial charge < -0.3 is 9.88 Å². The van der Waals surface area contributed by atoms with Crippen LogP contribution in [0.5, 0.6) is 0 Å². The Hall–Kier alpha value is -2.05. The maximum atomic E-state index is 8.91. The van der Waals surface area contributed by atoms with Gasteiger partial charge in [-0.15, -0.1) is 0 Å². The average Bonchev–Trinajstić information content (AvgIpc) is 2.75. The van der Waals surface area contributed by atoms with Gasteiger partial charge in [0.1, 0.15) is 11.8 Å². The fourth-order valence-electron chi connectivity index (χ4n) is 2.78. The molecule has 96 valence electrons. The highest BCUT2D eigenvalue weighted by molar-refractivity contribution is 5.40. The van der Waals surface area contributed by atoms with E-state index < -0.39 is 0 Å². The van der Waals surface area contributed by atoms with E-state index in [0.29, 0.717) is 11.6 Å². The molecule has 1 atom stereocenters. The summed E-state index contributed by atoms with van der Waals surface area (Å²) in [5.41, 5.74) is 4.86. The third-order valence-electron chi connectivity index (χ3n) is 3.86. The predicted molar refractivity (Wildman–Crippen MR) is 74.7 cm³/mol. The first kappa shape index (κ1) is 12.0. The van der Waals surface area contributed by atoms with Crippen molar-refractivity contribution in [1.29, 1.82) is 5.26 Å². The van der Waals surface area contributed by atoms with Gasteiger partial charge in [0.15, 0.2) is 0 Å². The number of nitriles is 1. The fourth-order valence-corrected chi connectivity index (χ4v) is 2.78. The van der Waals surface area contributed by atoms with Crippen LogP contribution in [0.4, 0.5) is 0 Å². The molecule has 0 fully saturated rings. The molecule has 0 saturated heterocycles. The first-order valence-electron chi connectivity index (χ1n) is 6.62. The second kappa shape index (κ2) is 4.91. The molecule has 1 unspecified atom stereocenters. The molecule has 0 amide bonds. The van der Waals surface area contributed by atoms with Crippen molar-refractivity contribution in [1.82, 2.24) is 9.88 Å². The molecule has 1 heterocycles. The van der Waals surface area contributed by atoms with E-state index in [-0.39, 0.29) is 0 Å². The Morgan fingerprint density at radius 2 is 2.26 bits per heavy atom. The van der Waals surface area contributed by atoms with E-state index in [1.165, 1.54) is 23.1 Å². The Morgan fingerprint density at radius 1 is 1.42 bits per heavy atom. The van der Waals surface area contributed by atoms with Gasteiger partial charge in [0.2, 0.25) is 0 Å². The molecule has 3 heteroatoms. The number of aryl methyl sites for hydroxylation is 1. The van der Waals surface area contributed by atoms with E-state index in [0.717, 1.165) is 13.1 Å². The summed E-state index contributed by atoms with van der Waals surface area (Å²) in [6, 6.07) is 12.8. The molecule has 0 radical (unpaired) electrons. The van der Waals surface area contributed by atoms with Gasteiger partial charge in [-0.05, 0) is 29.2 Å². The molecular formula is C16H17N3. The summed E-state index contributed by atoms with van der Waals surface area (Å²) in [5.74, 6) is 0.648. The van der Waals surface area contributed by atoms with Gasteiger partial charge in [-0.3, -0.25) is 0 Å². The summed E-state index contributed by atoms with van der Waals surface area (Å²) in [6.07, 6.45) is 3.20. The summed E-state index contributed by atoms with van der Waals surface area (Å²) < 4.78 is 1.87. The first-order valence-corrected chi connectivity index (χ1v) is 6.62. The Balaban J connectivity index is 1.53. The van der Waals surface area contributed by atoms with Crippen molar-refractivity contribution in [3.8, 4) is 6.07 Å². The minimum absolute atomic E-state index is 0.648. The van der Waals surface area contributed by atoms with E-state index in [1.54, 1.807) is 0 Å². The van der Waals surface area contributed by atoms with Gasteiger partial charge >= 0.3 is 0 Å². The van der Waals surface area contributed by atoms with Gasteiger partial charge in [-0.2, -0.15) is 5.26 Å². The Labute approximate surface area is 113 Å². The molecule has 2 aromatic rings. The average molecular weight is 251 g/mol. The second-order valence-corrected chi connectivity index (χ2v) is 5.19. The Morgan fingerprint density at radius 3 is 3.00 bits per heavy atom. The van der Waals surface area contributed by atoms with Crippen LogP contribution in [0.2, 0.25) is 0 Å². The highest BCUT2D eigenvalue weighted by atomic mass is 14.9. The highest BCUT2D eigenvalue weighted by Crippen LogP contribution is 2.33. The van der Waals surface area contributed by atoms with Crippen LogP contribution in [0, 0.1) is 11.3 Å². The second-order valence-electron chi connectivity index (χ2n) is 5.19. The van der Waals surface area contributed by atoms with Crippen molar-refractivity contribution < 1.29 is 0 Å². The molecule has 19 heavy (non-hydrogen) atoms. The van der Waals surface area contributed by atoms with Crippen molar-refractivity contribution >= 4 is 0 Å². The zero-order valence-corrected chi connectivity index (χ0v) is 11.1. The van der Waals surface area contributed by atoms with Crippen molar-refractivity contribution in [2.75, 3.05) is 6.54 Å². The van der Waals surface area contributed by atoms with Crippen molar-refractivity contribution in [3.05, 3.63) is 58.9 Å². The van der Waals surface area contributed by atoms with Crippen LogP contribution >= 0.6 is 0 Å². The SMILES string of the molecule is Cn1cc(CNCC2Cc3ccccc32)cc1C#N. The number of fused-ring (bicyclic) bond motifs is 1. The van der Waals surface area contributed by atoms with E-state index in [9.17, 15) is 0 Å². The smallest absolute Gasteiger partial charge is 0.120 e. The monoisotopic (exact) mass is 251 g/mol. The molecule has 1 aliphatic rings. The quantitative estimate of drug-likeness (QED) is 0.906. The third kappa shape index (κ3) is 2.27. The molecule has 0 bridgehead atoms. The van der Waals surface area contributed by atoms with Crippen molar-refractivity contribution in [2.45, 2.75) is 18.9 Å². The minimum Gasteiger partial charge on any atom is -0.342 e. The molecule has 0 spiro atoms. The van der Waals surface area contributed by atoms with E-state index >= 15 is 0 Å². The lowest BCUT2D eigenvalue weighted by atomic mass is 9.77. The van der Waals surface area contributed by atoms with Gasteiger partial charge in [-0.25, -0.2) is 0 Å². The van der Waals surface area contributed by atoms with Gasteiger partial charge in [-0.1, -0.05) is 24.3 Å². The van der Waals surface area contributed by atoms with Crippen LogP contribution in [0.3, 0.4) is 0 Å². The Bertz CT molecular complexity index is 634. The van der Waals surface area contributed by atoms with Gasteiger partial charge in [0, 0.05) is 32.3 Å². The molecule has 1 aromatic heterocycles. The number of nitrogens with zero attached hydrogens (tertiary/aromatic N) is 2.